The van der Waals surface area contributed by atoms with Gasteiger partial charge < -0.3 is 32.2 Å². The van der Waals surface area contributed by atoms with Crippen molar-refractivity contribution in [3.8, 4) is 0 Å². The van der Waals surface area contributed by atoms with E-state index in [1.54, 1.807) is 0 Å². The van der Waals surface area contributed by atoms with E-state index in [9.17, 15) is 24.5 Å². The summed E-state index contributed by atoms with van der Waals surface area (Å²) in [7, 11) is 0. The molecule has 5 unspecified atom stereocenters. The van der Waals surface area contributed by atoms with Crippen LogP contribution < -0.4 is 32.7 Å². The van der Waals surface area contributed by atoms with Crippen molar-refractivity contribution >= 4 is 29.1 Å². The van der Waals surface area contributed by atoms with Gasteiger partial charge in [-0.2, -0.15) is 0 Å². The number of epoxide rings is 1. The molecule has 1 aromatic carbocycles. The maximum Gasteiger partial charge on any atom is 0.270 e. The number of ether oxygens (including phenoxy) is 1. The fourth-order valence-electron chi connectivity index (χ4n) is 4.43. The Hall–Kier alpha value is -3.29. The number of non-ortho nitro benzene ring substituents is 1. The average Bonchev–Trinajstić information content (AvgIpc) is 3.63. The number of anilines is 1. The van der Waals surface area contributed by atoms with Gasteiger partial charge >= 0.3 is 0 Å². The average molecular weight is 520 g/mol. The van der Waals surface area contributed by atoms with E-state index in [0.29, 0.717) is 25.1 Å². The number of nitrogens with one attached hydrogen (secondary N) is 4. The third-order valence-corrected chi connectivity index (χ3v) is 6.92. The van der Waals surface area contributed by atoms with Crippen LogP contribution in [0.5, 0.6) is 0 Å². The molecule has 13 heteroatoms. The summed E-state index contributed by atoms with van der Waals surface area (Å²) in [6, 6.07) is 1.91. The molecule has 8 N–H and O–H groups in total. The number of nitro benzene ring substituents is 1. The first-order valence-electron chi connectivity index (χ1n) is 12.7. The van der Waals surface area contributed by atoms with E-state index in [1.165, 1.54) is 18.2 Å². The van der Waals surface area contributed by atoms with E-state index in [2.05, 4.69) is 21.3 Å². The van der Waals surface area contributed by atoms with Gasteiger partial charge in [-0.05, 0) is 37.8 Å². The van der Waals surface area contributed by atoms with Crippen molar-refractivity contribution in [3.63, 3.8) is 0 Å². The molecule has 1 aromatic rings. The summed E-state index contributed by atoms with van der Waals surface area (Å²) in [5.41, 5.74) is 11.3. The number of hydrogen-bond acceptors (Lipinski definition) is 9. The predicted molar refractivity (Wildman–Crippen MR) is 137 cm³/mol. The van der Waals surface area contributed by atoms with Crippen LogP contribution in [0.25, 0.3) is 0 Å². The van der Waals surface area contributed by atoms with Crippen LogP contribution in [0.2, 0.25) is 0 Å². The van der Waals surface area contributed by atoms with E-state index < -0.39 is 35.0 Å². The molecule has 2 aliphatic heterocycles. The summed E-state index contributed by atoms with van der Waals surface area (Å²) >= 11 is 0. The number of carbonyl (C=O) groups is 3. The second-order valence-electron chi connectivity index (χ2n) is 9.58. The Morgan fingerprint density at radius 1 is 1.27 bits per heavy atom. The minimum absolute atomic E-state index is 0.0273. The molecule has 37 heavy (non-hydrogen) atoms. The molecule has 13 nitrogen and oxygen atoms in total. The Bertz CT molecular complexity index is 1010. The van der Waals surface area contributed by atoms with Gasteiger partial charge in [-0.25, -0.2) is 0 Å². The first kappa shape index (κ1) is 28.3. The molecule has 0 bridgehead atoms. The molecule has 0 aliphatic carbocycles. The Morgan fingerprint density at radius 2 is 2.03 bits per heavy atom. The van der Waals surface area contributed by atoms with Crippen LogP contribution in [0.3, 0.4) is 0 Å². The number of primary amides is 1. The normalized spacial score (nSPS) is 27.2. The van der Waals surface area contributed by atoms with Crippen LogP contribution in [0.15, 0.2) is 18.2 Å². The Balaban J connectivity index is 1.96. The van der Waals surface area contributed by atoms with Crippen molar-refractivity contribution in [2.75, 3.05) is 18.4 Å². The lowest BCUT2D eigenvalue weighted by atomic mass is 9.96. The van der Waals surface area contributed by atoms with Crippen LogP contribution >= 0.6 is 0 Å². The fourth-order valence-corrected chi connectivity index (χ4v) is 4.43. The topological polar surface area (TPSA) is 207 Å². The summed E-state index contributed by atoms with van der Waals surface area (Å²) in [6.45, 7) is 4.53. The monoisotopic (exact) mass is 519 g/mol. The number of hydrogen-bond donors (Lipinski definition) is 6. The quantitative estimate of drug-likeness (QED) is 0.121. The Labute approximate surface area is 215 Å². The molecular weight excluding hydrogens is 482 g/mol. The number of benzene rings is 1. The molecule has 0 saturated carbocycles. The number of nitro groups is 1. The number of carbonyl (C=O) groups excluding carboxylic acids is 3. The van der Waals surface area contributed by atoms with Crippen molar-refractivity contribution in [1.29, 1.82) is 0 Å². The number of amides is 3. The second kappa shape index (κ2) is 12.8. The van der Waals surface area contributed by atoms with Gasteiger partial charge in [0.05, 0.1) is 22.6 Å². The third kappa shape index (κ3) is 7.37. The summed E-state index contributed by atoms with van der Waals surface area (Å²) in [6.07, 6.45) is 2.19. The van der Waals surface area contributed by atoms with Crippen LogP contribution in [0.4, 0.5) is 11.4 Å². The standard InChI is InChI=1S/C24H37N7O6/c1-3-13(2)19-23(34)28-17(6-4-5-10-25)20-24(37-20)29-18(21(26)32)9-11-27-16-8-7-14(31(35)36)12-15(16)22(33)30-19/h7-8,12-13,17-20,24,27,29H,3-6,9-11,25H2,1-2H3,(H2,26,32)(H,28,34)(H,30,33)/t13?,17?,18-,19?,20?,24?/m0/s1. The molecule has 6 atom stereocenters. The number of fused-ring (bicyclic) bond motifs is 2. The number of unbranched alkanes of at least 4 members (excludes halogenated alkanes) is 1. The van der Waals surface area contributed by atoms with E-state index in [0.717, 1.165) is 12.8 Å². The van der Waals surface area contributed by atoms with Gasteiger partial charge in [-0.3, -0.25) is 29.8 Å². The van der Waals surface area contributed by atoms with Gasteiger partial charge in [-0.15, -0.1) is 0 Å². The van der Waals surface area contributed by atoms with Crippen molar-refractivity contribution in [3.05, 3.63) is 33.9 Å². The number of nitrogens with two attached hydrogens (primary N) is 2. The highest BCUT2D eigenvalue weighted by atomic mass is 16.6. The van der Waals surface area contributed by atoms with Gasteiger partial charge in [0.1, 0.15) is 18.4 Å². The van der Waals surface area contributed by atoms with Gasteiger partial charge in [0.15, 0.2) is 0 Å². The van der Waals surface area contributed by atoms with E-state index in [1.807, 2.05) is 13.8 Å². The molecule has 3 amide bonds. The molecule has 2 heterocycles. The fraction of sp³-hybridized carbons (Fsp3) is 0.625. The lowest BCUT2D eigenvalue weighted by molar-refractivity contribution is -0.384. The summed E-state index contributed by atoms with van der Waals surface area (Å²) in [5.74, 6) is -1.78. The molecule has 0 radical (unpaired) electrons. The van der Waals surface area contributed by atoms with E-state index in [-0.39, 0.29) is 48.2 Å². The van der Waals surface area contributed by atoms with Gasteiger partial charge in [0, 0.05) is 24.4 Å². The molecule has 0 aromatic heterocycles. The van der Waals surface area contributed by atoms with Gasteiger partial charge in [0.25, 0.3) is 11.6 Å². The first-order valence-corrected chi connectivity index (χ1v) is 12.7. The van der Waals surface area contributed by atoms with Crippen molar-refractivity contribution < 1.29 is 24.0 Å². The largest absolute Gasteiger partial charge is 0.384 e. The predicted octanol–water partition coefficient (Wildman–Crippen LogP) is 0.337. The summed E-state index contributed by atoms with van der Waals surface area (Å²) < 4.78 is 5.79. The number of rotatable bonds is 8. The molecular formula is C24H37N7O6. The van der Waals surface area contributed by atoms with E-state index >= 15 is 0 Å². The van der Waals surface area contributed by atoms with E-state index in [4.69, 9.17) is 16.2 Å². The van der Waals surface area contributed by atoms with Crippen molar-refractivity contribution in [1.82, 2.24) is 16.0 Å². The molecule has 2 aliphatic rings. The van der Waals surface area contributed by atoms with Crippen LogP contribution in [-0.2, 0) is 14.3 Å². The zero-order chi connectivity index (χ0) is 27.1. The SMILES string of the molecule is CCC(C)C1NC(=O)c2cc([N+](=O)[O-])ccc2NCC[C@@H](C(N)=O)NC2OC2C(CCCCN)NC1=O. The molecule has 204 valence electrons. The molecule has 1 fully saturated rings. The minimum atomic E-state index is -0.879. The highest BCUT2D eigenvalue weighted by molar-refractivity contribution is 6.02. The van der Waals surface area contributed by atoms with Crippen LogP contribution in [0.1, 0.15) is 56.3 Å². The van der Waals surface area contributed by atoms with Gasteiger partial charge in [-0.1, -0.05) is 26.7 Å². The lowest BCUT2D eigenvalue weighted by Crippen LogP contribution is -2.54. The van der Waals surface area contributed by atoms with Crippen molar-refractivity contribution in [2.45, 2.75) is 76.4 Å². The zero-order valence-corrected chi connectivity index (χ0v) is 21.2. The summed E-state index contributed by atoms with van der Waals surface area (Å²) in [5, 5.41) is 23.4. The first-order chi connectivity index (χ1) is 17.7. The van der Waals surface area contributed by atoms with Gasteiger partial charge in [0.2, 0.25) is 11.8 Å². The van der Waals surface area contributed by atoms with Crippen LogP contribution in [0, 0.1) is 16.0 Å². The Morgan fingerprint density at radius 3 is 2.68 bits per heavy atom. The third-order valence-electron chi connectivity index (χ3n) is 6.92. The minimum Gasteiger partial charge on any atom is -0.384 e. The highest BCUT2D eigenvalue weighted by Crippen LogP contribution is 2.28. The molecule has 0 spiro atoms. The zero-order valence-electron chi connectivity index (χ0n) is 21.2. The molecule has 1 saturated heterocycles. The Kier molecular flexibility index (Phi) is 9.78. The number of nitrogens with zero attached hydrogens (tertiary/aromatic N) is 1. The van der Waals surface area contributed by atoms with Crippen molar-refractivity contribution in [2.24, 2.45) is 17.4 Å². The second-order valence-corrected chi connectivity index (χ2v) is 9.58. The smallest absolute Gasteiger partial charge is 0.270 e. The van der Waals surface area contributed by atoms with Crippen LogP contribution in [-0.4, -0.2) is 66.2 Å². The summed E-state index contributed by atoms with van der Waals surface area (Å²) in [4.78, 5) is 49.7. The highest BCUT2D eigenvalue weighted by Gasteiger charge is 2.47. The maximum absolute atomic E-state index is 13.4. The molecule has 3 rings (SSSR count). The lowest BCUT2D eigenvalue weighted by Gasteiger charge is -2.26. The maximum atomic E-state index is 13.4.